The summed E-state index contributed by atoms with van der Waals surface area (Å²) in [5.74, 6) is 0.904. The molecule has 0 saturated heterocycles. The molecule has 0 spiro atoms. The van der Waals surface area contributed by atoms with Gasteiger partial charge in [-0.15, -0.1) is 0 Å². The number of imidazole rings is 1. The zero-order valence-corrected chi connectivity index (χ0v) is 18.0. The highest BCUT2D eigenvalue weighted by Crippen LogP contribution is 2.32. The topological polar surface area (TPSA) is 75.6 Å². The van der Waals surface area contributed by atoms with E-state index < -0.39 is 0 Å². The fraction of sp³-hybridized carbons (Fsp3) is 0.320. The summed E-state index contributed by atoms with van der Waals surface area (Å²) in [6, 6.07) is 14.3. The minimum absolute atomic E-state index is 0.0192. The summed E-state index contributed by atoms with van der Waals surface area (Å²) in [6.07, 6.45) is 5.91. The van der Waals surface area contributed by atoms with Gasteiger partial charge in [-0.05, 0) is 62.4 Å². The first-order valence-corrected chi connectivity index (χ1v) is 11.0. The number of carbonyl (C=O) groups is 1. The molecule has 4 aromatic rings. The van der Waals surface area contributed by atoms with Crippen LogP contribution < -0.4 is 5.32 Å². The molecule has 0 bridgehead atoms. The van der Waals surface area contributed by atoms with E-state index in [1.807, 2.05) is 30.5 Å². The van der Waals surface area contributed by atoms with Gasteiger partial charge < -0.3 is 10.3 Å². The molecule has 2 N–H and O–H groups in total. The summed E-state index contributed by atoms with van der Waals surface area (Å²) >= 11 is 0. The molecule has 1 aliphatic rings. The number of aromatic nitrogens is 4. The average molecular weight is 414 g/mol. The van der Waals surface area contributed by atoms with E-state index in [0.29, 0.717) is 12.8 Å². The second-order valence-electron chi connectivity index (χ2n) is 8.39. The minimum atomic E-state index is 0.0192. The van der Waals surface area contributed by atoms with Gasteiger partial charge >= 0.3 is 0 Å². The maximum Gasteiger partial charge on any atom is 0.220 e. The lowest BCUT2D eigenvalue weighted by atomic mass is 9.92. The van der Waals surface area contributed by atoms with Crippen LogP contribution in [0.4, 0.5) is 0 Å². The molecule has 158 valence electrons. The molecule has 1 aliphatic carbocycles. The number of aromatic amines is 1. The molecule has 6 nitrogen and oxygen atoms in total. The number of H-pyrrole nitrogens is 1. The van der Waals surface area contributed by atoms with E-state index in [-0.39, 0.29) is 11.9 Å². The zero-order valence-electron chi connectivity index (χ0n) is 18.0. The molecule has 1 amide bonds. The van der Waals surface area contributed by atoms with Gasteiger partial charge in [-0.3, -0.25) is 4.79 Å². The van der Waals surface area contributed by atoms with Gasteiger partial charge in [0.1, 0.15) is 5.82 Å². The smallest absolute Gasteiger partial charge is 0.220 e. The Balaban J connectivity index is 1.29. The Bertz CT molecular complexity index is 1220. The Morgan fingerprint density at radius 3 is 2.94 bits per heavy atom. The molecule has 1 atom stereocenters. The first-order valence-electron chi connectivity index (χ1n) is 11.0. The summed E-state index contributed by atoms with van der Waals surface area (Å²) < 4.78 is 2.06. The van der Waals surface area contributed by atoms with Gasteiger partial charge in [0, 0.05) is 24.1 Å². The van der Waals surface area contributed by atoms with E-state index >= 15 is 0 Å². The number of para-hydroxylation sites is 2. The van der Waals surface area contributed by atoms with Crippen molar-refractivity contribution < 1.29 is 4.79 Å². The second-order valence-corrected chi connectivity index (χ2v) is 8.39. The quantitative estimate of drug-likeness (QED) is 0.506. The van der Waals surface area contributed by atoms with Gasteiger partial charge in [-0.2, -0.15) is 5.10 Å². The van der Waals surface area contributed by atoms with Crippen molar-refractivity contribution in [2.45, 2.75) is 52.0 Å². The Labute approximate surface area is 181 Å². The average Bonchev–Trinajstić information content (AvgIpc) is 3.39. The molecule has 2 heterocycles. The Hall–Kier alpha value is -3.41. The molecule has 31 heavy (non-hydrogen) atoms. The predicted octanol–water partition coefficient (Wildman–Crippen LogP) is 4.49. The van der Waals surface area contributed by atoms with Crippen LogP contribution in [0.3, 0.4) is 0 Å². The van der Waals surface area contributed by atoms with Gasteiger partial charge in [-0.1, -0.05) is 24.3 Å². The van der Waals surface area contributed by atoms with E-state index in [1.54, 1.807) is 0 Å². The first-order chi connectivity index (χ1) is 15.1. The summed E-state index contributed by atoms with van der Waals surface area (Å²) in [4.78, 5) is 20.6. The number of amides is 1. The van der Waals surface area contributed by atoms with Crippen LogP contribution in [-0.4, -0.2) is 25.7 Å². The maximum atomic E-state index is 12.7. The van der Waals surface area contributed by atoms with Crippen LogP contribution in [0.15, 0.2) is 48.7 Å². The summed E-state index contributed by atoms with van der Waals surface area (Å²) in [6.45, 7) is 4.26. The number of hydrogen-bond donors (Lipinski definition) is 2. The highest BCUT2D eigenvalue weighted by atomic mass is 16.1. The molecule has 0 radical (unpaired) electrons. The Kier molecular flexibility index (Phi) is 5.06. The number of nitrogens with one attached hydrogen (secondary N) is 2. The highest BCUT2D eigenvalue weighted by molar-refractivity contribution is 5.77. The normalized spacial score (nSPS) is 15.7. The van der Waals surface area contributed by atoms with Crippen LogP contribution in [0, 0.1) is 13.8 Å². The van der Waals surface area contributed by atoms with Crippen molar-refractivity contribution in [3.8, 4) is 5.69 Å². The number of carbonyl (C=O) groups excluding carboxylic acids is 1. The summed E-state index contributed by atoms with van der Waals surface area (Å²) in [7, 11) is 0. The molecule has 6 heteroatoms. The van der Waals surface area contributed by atoms with Crippen LogP contribution in [-0.2, 0) is 17.6 Å². The van der Waals surface area contributed by atoms with Crippen LogP contribution in [0.25, 0.3) is 16.7 Å². The van der Waals surface area contributed by atoms with Crippen molar-refractivity contribution in [2.75, 3.05) is 0 Å². The van der Waals surface area contributed by atoms with Crippen molar-refractivity contribution >= 4 is 16.9 Å². The lowest BCUT2D eigenvalue weighted by Gasteiger charge is -2.24. The van der Waals surface area contributed by atoms with Crippen LogP contribution in [0.1, 0.15) is 53.5 Å². The van der Waals surface area contributed by atoms with Gasteiger partial charge in [0.15, 0.2) is 0 Å². The number of hydrogen-bond acceptors (Lipinski definition) is 3. The fourth-order valence-corrected chi connectivity index (χ4v) is 4.50. The summed E-state index contributed by atoms with van der Waals surface area (Å²) in [5, 5.41) is 7.93. The number of aryl methyl sites for hydroxylation is 2. The standard InChI is InChI=1S/C25H27N5O/c1-16-7-5-11-22(17(16)2)30-23-12-6-10-19(18(23)15-26-30)29-25(31)14-13-24-27-20-8-3-4-9-21(20)28-24/h3-5,7-9,11,15,19H,6,10,12-14H2,1-2H3,(H,27,28)(H,29,31)/t19-/m0/s1. The molecule has 0 unspecified atom stereocenters. The number of nitrogens with zero attached hydrogens (tertiary/aromatic N) is 3. The van der Waals surface area contributed by atoms with Gasteiger partial charge in [0.25, 0.3) is 0 Å². The Morgan fingerprint density at radius 2 is 2.06 bits per heavy atom. The van der Waals surface area contributed by atoms with Crippen molar-refractivity contribution in [3.05, 3.63) is 76.9 Å². The lowest BCUT2D eigenvalue weighted by Crippen LogP contribution is -2.31. The predicted molar refractivity (Wildman–Crippen MR) is 121 cm³/mol. The van der Waals surface area contributed by atoms with Crippen LogP contribution >= 0.6 is 0 Å². The third kappa shape index (κ3) is 3.74. The molecule has 0 fully saturated rings. The summed E-state index contributed by atoms with van der Waals surface area (Å²) in [5.41, 5.74) is 7.92. The van der Waals surface area contributed by atoms with Crippen molar-refractivity contribution in [2.24, 2.45) is 0 Å². The first kappa shape index (κ1) is 19.5. The molecular formula is C25H27N5O. The van der Waals surface area contributed by atoms with Crippen LogP contribution in [0.2, 0.25) is 0 Å². The third-order valence-electron chi connectivity index (χ3n) is 6.35. The molecule has 0 saturated carbocycles. The van der Waals surface area contributed by atoms with E-state index in [9.17, 15) is 4.79 Å². The molecular weight excluding hydrogens is 386 g/mol. The van der Waals surface area contributed by atoms with Gasteiger partial charge in [0.05, 0.1) is 29.0 Å². The maximum absolute atomic E-state index is 12.7. The van der Waals surface area contributed by atoms with Crippen molar-refractivity contribution in [1.29, 1.82) is 0 Å². The van der Waals surface area contributed by atoms with Crippen molar-refractivity contribution in [1.82, 2.24) is 25.1 Å². The number of fused-ring (bicyclic) bond motifs is 2. The molecule has 2 aromatic carbocycles. The lowest BCUT2D eigenvalue weighted by molar-refractivity contribution is -0.121. The minimum Gasteiger partial charge on any atom is -0.349 e. The number of rotatable bonds is 5. The van der Waals surface area contributed by atoms with Crippen LogP contribution in [0.5, 0.6) is 0 Å². The zero-order chi connectivity index (χ0) is 21.4. The van der Waals surface area contributed by atoms with E-state index in [0.717, 1.165) is 47.4 Å². The fourth-order valence-electron chi connectivity index (χ4n) is 4.50. The molecule has 5 rings (SSSR count). The molecule has 2 aromatic heterocycles. The van der Waals surface area contributed by atoms with E-state index in [4.69, 9.17) is 5.10 Å². The largest absolute Gasteiger partial charge is 0.349 e. The van der Waals surface area contributed by atoms with Gasteiger partial charge in [-0.25, -0.2) is 9.67 Å². The second kappa shape index (κ2) is 8.02. The van der Waals surface area contributed by atoms with E-state index in [1.165, 1.54) is 16.8 Å². The van der Waals surface area contributed by atoms with E-state index in [2.05, 4.69) is 52.0 Å². The molecule has 0 aliphatic heterocycles. The van der Waals surface area contributed by atoms with Crippen molar-refractivity contribution in [3.63, 3.8) is 0 Å². The Morgan fingerprint density at radius 1 is 1.19 bits per heavy atom. The SMILES string of the molecule is Cc1cccc(-n2ncc3c2CCC[C@@H]3NC(=O)CCc2nc3ccccc3[nH]2)c1C. The third-order valence-corrected chi connectivity index (χ3v) is 6.35. The highest BCUT2D eigenvalue weighted by Gasteiger charge is 2.26. The number of benzene rings is 2. The monoisotopic (exact) mass is 413 g/mol. The van der Waals surface area contributed by atoms with Gasteiger partial charge in [0.2, 0.25) is 5.91 Å².